The van der Waals surface area contributed by atoms with E-state index in [-0.39, 0.29) is 10.8 Å². The van der Waals surface area contributed by atoms with E-state index in [1.165, 1.54) is 23.4 Å². The molecular formula is C19H25N3O3S. The van der Waals surface area contributed by atoms with Gasteiger partial charge in [-0.05, 0) is 42.0 Å². The van der Waals surface area contributed by atoms with Crippen LogP contribution in [0.3, 0.4) is 0 Å². The first-order chi connectivity index (χ1) is 12.2. The Balaban J connectivity index is 2.20. The number of amides is 1. The summed E-state index contributed by atoms with van der Waals surface area (Å²) in [5, 5.41) is 2.63. The van der Waals surface area contributed by atoms with E-state index in [0.717, 1.165) is 11.3 Å². The lowest BCUT2D eigenvalue weighted by Crippen LogP contribution is -2.30. The largest absolute Gasteiger partial charge is 0.378 e. The number of nitrogens with zero attached hydrogens (tertiary/aromatic N) is 2. The maximum atomic E-state index is 12.9. The summed E-state index contributed by atoms with van der Waals surface area (Å²) in [6, 6.07) is 14.0. The van der Waals surface area contributed by atoms with Crippen LogP contribution >= 0.6 is 0 Å². The average Bonchev–Trinajstić information content (AvgIpc) is 2.59. The van der Waals surface area contributed by atoms with E-state index in [9.17, 15) is 13.2 Å². The lowest BCUT2D eigenvalue weighted by atomic mass is 10.2. The first-order valence-electron chi connectivity index (χ1n) is 8.38. The van der Waals surface area contributed by atoms with Crippen LogP contribution in [0.2, 0.25) is 0 Å². The molecule has 0 fully saturated rings. The number of anilines is 2. The Labute approximate surface area is 155 Å². The van der Waals surface area contributed by atoms with E-state index in [1.807, 2.05) is 50.2 Å². The van der Waals surface area contributed by atoms with Gasteiger partial charge in [0, 0.05) is 45.5 Å². The Kier molecular flexibility index (Phi) is 6.39. The van der Waals surface area contributed by atoms with Gasteiger partial charge < -0.3 is 10.2 Å². The van der Waals surface area contributed by atoms with Crippen LogP contribution in [0.25, 0.3) is 0 Å². The lowest BCUT2D eigenvalue weighted by Gasteiger charge is -2.21. The fraction of sp³-hybridized carbons (Fsp3) is 0.316. The highest BCUT2D eigenvalue weighted by molar-refractivity contribution is 7.89. The molecule has 0 aromatic heterocycles. The molecule has 0 unspecified atom stereocenters. The number of carbonyl (C=O) groups is 1. The van der Waals surface area contributed by atoms with Crippen molar-refractivity contribution >= 4 is 27.3 Å². The molecule has 0 saturated carbocycles. The molecule has 26 heavy (non-hydrogen) atoms. The number of rotatable bonds is 7. The van der Waals surface area contributed by atoms with Crippen LogP contribution in [0.5, 0.6) is 0 Å². The van der Waals surface area contributed by atoms with Crippen molar-refractivity contribution in [2.75, 3.05) is 30.9 Å². The van der Waals surface area contributed by atoms with Gasteiger partial charge in [-0.1, -0.05) is 19.1 Å². The zero-order chi connectivity index (χ0) is 19.3. The molecule has 0 spiro atoms. The minimum atomic E-state index is -3.61. The number of hydrogen-bond donors (Lipinski definition) is 1. The Hall–Kier alpha value is -2.38. The van der Waals surface area contributed by atoms with Crippen LogP contribution in [-0.4, -0.2) is 39.3 Å². The number of benzene rings is 2. The Bertz CT molecular complexity index is 845. The fourth-order valence-electron chi connectivity index (χ4n) is 2.53. The highest BCUT2D eigenvalue weighted by Gasteiger charge is 2.23. The summed E-state index contributed by atoms with van der Waals surface area (Å²) in [5.74, 6) is -0.197. The van der Waals surface area contributed by atoms with Gasteiger partial charge in [0.05, 0.1) is 4.90 Å². The molecule has 6 nitrogen and oxygen atoms in total. The summed E-state index contributed by atoms with van der Waals surface area (Å²) in [7, 11) is 0.311. The second-order valence-corrected chi connectivity index (χ2v) is 8.14. The van der Waals surface area contributed by atoms with Crippen molar-refractivity contribution in [3.05, 3.63) is 54.1 Å². The number of carbonyl (C=O) groups excluding carboxylic acids is 1. The minimum absolute atomic E-state index is 0.197. The van der Waals surface area contributed by atoms with E-state index < -0.39 is 10.0 Å². The summed E-state index contributed by atoms with van der Waals surface area (Å²) >= 11 is 0. The predicted octanol–water partition coefficient (Wildman–Crippen LogP) is 2.92. The third-order valence-corrected chi connectivity index (χ3v) is 5.91. The van der Waals surface area contributed by atoms with E-state index in [2.05, 4.69) is 5.32 Å². The molecule has 1 amide bonds. The van der Waals surface area contributed by atoms with Crippen molar-refractivity contribution in [1.29, 1.82) is 0 Å². The van der Waals surface area contributed by atoms with E-state index in [0.29, 0.717) is 18.8 Å². The molecule has 0 aliphatic heterocycles. The van der Waals surface area contributed by atoms with Crippen molar-refractivity contribution in [2.24, 2.45) is 0 Å². The maximum absolute atomic E-state index is 12.9. The van der Waals surface area contributed by atoms with Gasteiger partial charge in [0.1, 0.15) is 0 Å². The predicted molar refractivity (Wildman–Crippen MR) is 105 cm³/mol. The molecule has 2 aromatic rings. The quantitative estimate of drug-likeness (QED) is 0.808. The Morgan fingerprint density at radius 1 is 1.00 bits per heavy atom. The zero-order valence-electron chi connectivity index (χ0n) is 15.6. The van der Waals surface area contributed by atoms with Crippen LogP contribution in [0.15, 0.2) is 53.4 Å². The minimum Gasteiger partial charge on any atom is -0.378 e. The SMILES string of the molecule is CCN(Cc1ccc(N(C)C)cc1)S(=O)(=O)c1ccc(NC(C)=O)cc1. The zero-order valence-corrected chi connectivity index (χ0v) is 16.4. The molecule has 0 saturated heterocycles. The summed E-state index contributed by atoms with van der Waals surface area (Å²) in [4.78, 5) is 13.3. The van der Waals surface area contributed by atoms with Crippen molar-refractivity contribution in [3.8, 4) is 0 Å². The maximum Gasteiger partial charge on any atom is 0.243 e. The molecule has 0 aliphatic rings. The molecule has 2 rings (SSSR count). The van der Waals surface area contributed by atoms with Crippen molar-refractivity contribution in [3.63, 3.8) is 0 Å². The van der Waals surface area contributed by atoms with Crippen LogP contribution in [-0.2, 0) is 21.4 Å². The topological polar surface area (TPSA) is 69.7 Å². The first-order valence-corrected chi connectivity index (χ1v) is 9.82. The fourth-order valence-corrected chi connectivity index (χ4v) is 3.97. The highest BCUT2D eigenvalue weighted by atomic mass is 32.2. The van der Waals surface area contributed by atoms with Crippen molar-refractivity contribution in [1.82, 2.24) is 4.31 Å². The van der Waals surface area contributed by atoms with Gasteiger partial charge in [-0.2, -0.15) is 4.31 Å². The van der Waals surface area contributed by atoms with Gasteiger partial charge in [-0.3, -0.25) is 4.79 Å². The normalized spacial score (nSPS) is 11.4. The Morgan fingerprint density at radius 2 is 1.58 bits per heavy atom. The molecule has 7 heteroatoms. The van der Waals surface area contributed by atoms with Crippen LogP contribution in [0, 0.1) is 0 Å². The smallest absolute Gasteiger partial charge is 0.243 e. The van der Waals surface area contributed by atoms with E-state index in [1.54, 1.807) is 12.1 Å². The molecule has 0 bridgehead atoms. The Morgan fingerprint density at radius 3 is 2.04 bits per heavy atom. The van der Waals surface area contributed by atoms with E-state index in [4.69, 9.17) is 0 Å². The van der Waals surface area contributed by atoms with E-state index >= 15 is 0 Å². The third-order valence-electron chi connectivity index (χ3n) is 3.98. The number of hydrogen-bond acceptors (Lipinski definition) is 4. The van der Waals surface area contributed by atoms with Gasteiger partial charge in [-0.25, -0.2) is 8.42 Å². The van der Waals surface area contributed by atoms with Gasteiger partial charge in [0.2, 0.25) is 15.9 Å². The summed E-state index contributed by atoms with van der Waals surface area (Å²) in [6.45, 7) is 3.90. The highest BCUT2D eigenvalue weighted by Crippen LogP contribution is 2.21. The second-order valence-electron chi connectivity index (χ2n) is 6.20. The molecule has 0 radical (unpaired) electrons. The average molecular weight is 375 g/mol. The molecule has 2 aromatic carbocycles. The molecule has 140 valence electrons. The second kappa shape index (κ2) is 8.33. The third kappa shape index (κ3) is 4.83. The molecule has 0 heterocycles. The number of nitrogens with one attached hydrogen (secondary N) is 1. The summed E-state index contributed by atoms with van der Waals surface area (Å²) in [5.41, 5.74) is 2.56. The van der Waals surface area contributed by atoms with Crippen molar-refractivity contribution in [2.45, 2.75) is 25.3 Å². The first kappa shape index (κ1) is 19.9. The molecular weight excluding hydrogens is 350 g/mol. The van der Waals surface area contributed by atoms with Gasteiger partial charge >= 0.3 is 0 Å². The van der Waals surface area contributed by atoms with Gasteiger partial charge in [0.25, 0.3) is 0 Å². The molecule has 1 N–H and O–H groups in total. The van der Waals surface area contributed by atoms with Gasteiger partial charge in [-0.15, -0.1) is 0 Å². The van der Waals surface area contributed by atoms with Crippen LogP contribution < -0.4 is 10.2 Å². The standard InChI is InChI=1S/C19H25N3O3S/c1-5-22(14-16-6-10-18(11-7-16)21(3)4)26(24,25)19-12-8-17(9-13-19)20-15(2)23/h6-13H,5,14H2,1-4H3,(H,20,23). The number of sulfonamides is 1. The summed E-state index contributed by atoms with van der Waals surface area (Å²) in [6.07, 6.45) is 0. The van der Waals surface area contributed by atoms with Crippen molar-refractivity contribution < 1.29 is 13.2 Å². The monoisotopic (exact) mass is 375 g/mol. The molecule has 0 atom stereocenters. The van der Waals surface area contributed by atoms with Gasteiger partial charge in [0.15, 0.2) is 0 Å². The molecule has 0 aliphatic carbocycles. The summed E-state index contributed by atoms with van der Waals surface area (Å²) < 4.78 is 27.2. The van der Waals surface area contributed by atoms with Crippen LogP contribution in [0.1, 0.15) is 19.4 Å². The lowest BCUT2D eigenvalue weighted by molar-refractivity contribution is -0.114. The van der Waals surface area contributed by atoms with Crippen LogP contribution in [0.4, 0.5) is 11.4 Å².